The second kappa shape index (κ2) is 5.58. The third kappa shape index (κ3) is 2.53. The maximum Gasteiger partial charge on any atom is 0.257 e. The van der Waals surface area contributed by atoms with Crippen LogP contribution in [0.3, 0.4) is 0 Å². The van der Waals surface area contributed by atoms with E-state index in [1.165, 1.54) is 4.90 Å². The number of aromatic hydroxyl groups is 1. The fourth-order valence-corrected chi connectivity index (χ4v) is 3.14. The number of anilines is 1. The number of nitrogens with zero attached hydrogens (tertiary/aromatic N) is 5. The molecule has 7 nitrogen and oxygen atoms in total. The van der Waals surface area contributed by atoms with Crippen molar-refractivity contribution in [2.45, 2.75) is 31.6 Å². The second-order valence-electron chi connectivity index (χ2n) is 6.80. The van der Waals surface area contributed by atoms with Crippen molar-refractivity contribution in [2.24, 2.45) is 0 Å². The third-order valence-corrected chi connectivity index (χ3v) is 4.65. The van der Waals surface area contributed by atoms with Gasteiger partial charge in [-0.1, -0.05) is 0 Å². The standard InChI is InChI=1S/C17H21N5O2/c1-21(2)17(24)12-9-11-14(19-15(12)22-7-3-4-8-22)18-13(10-5-6-10)20-16(11)23/h9-10H,3-8H2,1-2H3,(H,18,19,20,23). The van der Waals surface area contributed by atoms with Crippen LogP contribution < -0.4 is 4.90 Å². The van der Waals surface area contributed by atoms with E-state index in [0.29, 0.717) is 34.2 Å². The van der Waals surface area contributed by atoms with Gasteiger partial charge in [0, 0.05) is 33.1 Å². The van der Waals surface area contributed by atoms with Gasteiger partial charge in [-0.05, 0) is 31.7 Å². The molecule has 4 rings (SSSR count). The molecule has 1 aliphatic heterocycles. The van der Waals surface area contributed by atoms with Gasteiger partial charge in [-0.3, -0.25) is 4.79 Å². The molecule has 1 N–H and O–H groups in total. The first-order valence-corrected chi connectivity index (χ1v) is 8.43. The molecule has 1 aliphatic carbocycles. The number of carbonyl (C=O) groups is 1. The van der Waals surface area contributed by atoms with E-state index in [1.807, 2.05) is 0 Å². The number of hydrogen-bond donors (Lipinski definition) is 1. The molecule has 3 heterocycles. The quantitative estimate of drug-likeness (QED) is 0.927. The average Bonchev–Trinajstić information content (AvgIpc) is 3.27. The van der Waals surface area contributed by atoms with Gasteiger partial charge in [0.1, 0.15) is 11.6 Å². The number of fused-ring (bicyclic) bond motifs is 1. The van der Waals surface area contributed by atoms with Gasteiger partial charge in [-0.25, -0.2) is 9.97 Å². The topological polar surface area (TPSA) is 82.5 Å². The molecule has 2 fully saturated rings. The fourth-order valence-electron chi connectivity index (χ4n) is 3.14. The first kappa shape index (κ1) is 15.1. The summed E-state index contributed by atoms with van der Waals surface area (Å²) < 4.78 is 0. The lowest BCUT2D eigenvalue weighted by Gasteiger charge is -2.22. The van der Waals surface area contributed by atoms with E-state index in [-0.39, 0.29) is 11.8 Å². The summed E-state index contributed by atoms with van der Waals surface area (Å²) in [6, 6.07) is 1.68. The molecule has 0 radical (unpaired) electrons. The highest BCUT2D eigenvalue weighted by Gasteiger charge is 2.29. The van der Waals surface area contributed by atoms with E-state index in [2.05, 4.69) is 19.9 Å². The van der Waals surface area contributed by atoms with Crippen molar-refractivity contribution in [3.05, 3.63) is 17.5 Å². The third-order valence-electron chi connectivity index (χ3n) is 4.65. The van der Waals surface area contributed by atoms with Crippen LogP contribution >= 0.6 is 0 Å². The molecule has 2 aromatic heterocycles. The number of amides is 1. The van der Waals surface area contributed by atoms with Crippen molar-refractivity contribution in [3.8, 4) is 5.88 Å². The Morgan fingerprint density at radius 1 is 1.21 bits per heavy atom. The van der Waals surface area contributed by atoms with Crippen LogP contribution in [0.1, 0.15) is 47.8 Å². The van der Waals surface area contributed by atoms with E-state index in [4.69, 9.17) is 0 Å². The van der Waals surface area contributed by atoms with Gasteiger partial charge in [-0.2, -0.15) is 4.98 Å². The number of carbonyl (C=O) groups excluding carboxylic acids is 1. The Balaban J connectivity index is 1.90. The Labute approximate surface area is 140 Å². The van der Waals surface area contributed by atoms with Crippen molar-refractivity contribution in [1.29, 1.82) is 0 Å². The molecule has 2 aliphatic rings. The molecule has 1 amide bonds. The molecule has 1 saturated carbocycles. The van der Waals surface area contributed by atoms with Crippen LogP contribution in [-0.2, 0) is 0 Å². The number of hydrogen-bond acceptors (Lipinski definition) is 6. The number of rotatable bonds is 3. The van der Waals surface area contributed by atoms with Crippen LogP contribution in [0, 0.1) is 0 Å². The molecular weight excluding hydrogens is 306 g/mol. The second-order valence-corrected chi connectivity index (χ2v) is 6.80. The van der Waals surface area contributed by atoms with Crippen LogP contribution in [0.4, 0.5) is 5.82 Å². The monoisotopic (exact) mass is 327 g/mol. The predicted molar refractivity (Wildman–Crippen MR) is 90.4 cm³/mol. The van der Waals surface area contributed by atoms with E-state index in [1.54, 1.807) is 20.2 Å². The lowest BCUT2D eigenvalue weighted by atomic mass is 10.1. The smallest absolute Gasteiger partial charge is 0.257 e. The van der Waals surface area contributed by atoms with Gasteiger partial charge in [-0.15, -0.1) is 0 Å². The highest BCUT2D eigenvalue weighted by Crippen LogP contribution is 2.40. The summed E-state index contributed by atoms with van der Waals surface area (Å²) in [5.41, 5.74) is 0.967. The summed E-state index contributed by atoms with van der Waals surface area (Å²) in [5.74, 6) is 1.44. The molecule has 24 heavy (non-hydrogen) atoms. The van der Waals surface area contributed by atoms with E-state index >= 15 is 0 Å². The molecule has 2 aromatic rings. The fraction of sp³-hybridized carbons (Fsp3) is 0.529. The van der Waals surface area contributed by atoms with Crippen LogP contribution in [0.2, 0.25) is 0 Å². The minimum absolute atomic E-state index is 0.0878. The lowest BCUT2D eigenvalue weighted by Crippen LogP contribution is -2.27. The first-order chi connectivity index (χ1) is 11.5. The SMILES string of the molecule is CN(C)C(=O)c1cc2c(O)nc(C3CC3)nc2nc1N1CCCC1. The minimum atomic E-state index is -0.128. The van der Waals surface area contributed by atoms with Crippen molar-refractivity contribution in [2.75, 3.05) is 32.1 Å². The molecule has 0 bridgehead atoms. The van der Waals surface area contributed by atoms with Crippen LogP contribution in [-0.4, -0.2) is 58.1 Å². The average molecular weight is 327 g/mol. The summed E-state index contributed by atoms with van der Waals surface area (Å²) >= 11 is 0. The normalized spacial score (nSPS) is 17.5. The van der Waals surface area contributed by atoms with Crippen molar-refractivity contribution >= 4 is 22.8 Å². The summed E-state index contributed by atoms with van der Waals surface area (Å²) in [4.78, 5) is 29.7. The number of aromatic nitrogens is 3. The molecule has 0 aromatic carbocycles. The van der Waals surface area contributed by atoms with Crippen molar-refractivity contribution in [1.82, 2.24) is 19.9 Å². The Hall–Kier alpha value is -2.44. The Morgan fingerprint density at radius 3 is 2.54 bits per heavy atom. The first-order valence-electron chi connectivity index (χ1n) is 8.43. The van der Waals surface area contributed by atoms with Gasteiger partial charge in [0.15, 0.2) is 5.65 Å². The van der Waals surface area contributed by atoms with E-state index < -0.39 is 0 Å². The van der Waals surface area contributed by atoms with Gasteiger partial charge in [0.25, 0.3) is 5.91 Å². The number of pyridine rings is 1. The molecule has 126 valence electrons. The Kier molecular flexibility index (Phi) is 3.51. The van der Waals surface area contributed by atoms with Gasteiger partial charge >= 0.3 is 0 Å². The van der Waals surface area contributed by atoms with Crippen LogP contribution in [0.5, 0.6) is 5.88 Å². The molecule has 0 unspecified atom stereocenters. The summed E-state index contributed by atoms with van der Waals surface area (Å²) in [7, 11) is 3.43. The zero-order chi connectivity index (χ0) is 16.8. The summed E-state index contributed by atoms with van der Waals surface area (Å²) in [6.07, 6.45) is 4.30. The highest BCUT2D eigenvalue weighted by atomic mass is 16.3. The zero-order valence-electron chi connectivity index (χ0n) is 14.0. The predicted octanol–water partition coefficient (Wildman–Crippen LogP) is 1.91. The highest BCUT2D eigenvalue weighted by molar-refractivity contribution is 6.02. The van der Waals surface area contributed by atoms with Crippen LogP contribution in [0.15, 0.2) is 6.07 Å². The van der Waals surface area contributed by atoms with E-state index in [0.717, 1.165) is 38.8 Å². The Morgan fingerprint density at radius 2 is 1.92 bits per heavy atom. The molecule has 0 spiro atoms. The van der Waals surface area contributed by atoms with E-state index in [9.17, 15) is 9.90 Å². The molecular formula is C17H21N5O2. The van der Waals surface area contributed by atoms with Crippen molar-refractivity contribution < 1.29 is 9.90 Å². The summed E-state index contributed by atoms with van der Waals surface area (Å²) in [5, 5.41) is 10.7. The van der Waals surface area contributed by atoms with Gasteiger partial charge in [0.2, 0.25) is 5.88 Å². The zero-order valence-corrected chi connectivity index (χ0v) is 14.0. The summed E-state index contributed by atoms with van der Waals surface area (Å²) in [6.45, 7) is 1.78. The molecule has 7 heteroatoms. The molecule has 1 saturated heterocycles. The maximum absolute atomic E-state index is 12.6. The van der Waals surface area contributed by atoms with Gasteiger partial charge in [0.05, 0.1) is 10.9 Å². The Bertz CT molecular complexity index is 810. The van der Waals surface area contributed by atoms with Crippen LogP contribution in [0.25, 0.3) is 11.0 Å². The lowest BCUT2D eigenvalue weighted by molar-refractivity contribution is 0.0828. The van der Waals surface area contributed by atoms with Crippen molar-refractivity contribution in [3.63, 3.8) is 0 Å². The molecule has 0 atom stereocenters. The minimum Gasteiger partial charge on any atom is -0.493 e. The largest absolute Gasteiger partial charge is 0.493 e. The maximum atomic E-state index is 12.6. The van der Waals surface area contributed by atoms with Gasteiger partial charge < -0.3 is 14.9 Å².